The number of carbonyl (C=O) groups is 2. The maximum absolute atomic E-state index is 12.3. The zero-order valence-corrected chi connectivity index (χ0v) is 60.2. The van der Waals surface area contributed by atoms with Crippen molar-refractivity contribution in [1.29, 1.82) is 10.8 Å². The van der Waals surface area contributed by atoms with Crippen molar-refractivity contribution < 1.29 is 19.1 Å². The SMILES string of the molecule is C.C.CC(C)(C)OC(=O)NC1CCCCN(c2ncc(Sc3cccc(Cl)c3Cl)c3nccn23)C1.CC(C)(C)OC(=O)NC1CCCCNC1.N#N.NC1CCCCN(c2ncc(Sc3cccc(Cl)c3Cl)c3nccn23)C1.O=c1[nH]cc(Sc2cccc(Cl)c2Cl)c2nccn12. The monoisotopic (exact) mass is 1500 g/mol. The summed E-state index contributed by atoms with van der Waals surface area (Å²) in [6.07, 6.45) is 24.8. The lowest BCUT2D eigenvalue weighted by atomic mass is 10.1. The Hall–Kier alpha value is -6.41. The fourth-order valence-electron chi connectivity index (χ4n) is 10.3. The maximum atomic E-state index is 12.3. The predicted molar refractivity (Wildman–Crippen MR) is 394 cm³/mol. The van der Waals surface area contributed by atoms with Crippen molar-refractivity contribution in [2.24, 2.45) is 5.73 Å². The molecule has 0 spiro atoms. The largest absolute Gasteiger partial charge is 0.444 e. The van der Waals surface area contributed by atoms with Crippen LogP contribution >= 0.6 is 105 Å². The Morgan fingerprint density at radius 3 is 1.45 bits per heavy atom. The molecule has 22 nitrogen and oxygen atoms in total. The Bertz CT molecular complexity index is 4120. The number of carbonyl (C=O) groups excluding carboxylic acids is 2. The molecule has 97 heavy (non-hydrogen) atoms. The van der Waals surface area contributed by atoms with Gasteiger partial charge in [0.1, 0.15) is 11.2 Å². The van der Waals surface area contributed by atoms with E-state index in [-0.39, 0.29) is 50.9 Å². The highest BCUT2D eigenvalue weighted by Gasteiger charge is 2.27. The summed E-state index contributed by atoms with van der Waals surface area (Å²) in [6, 6.07) is 17.0. The van der Waals surface area contributed by atoms with Gasteiger partial charge in [0.15, 0.2) is 16.9 Å². The minimum Gasteiger partial charge on any atom is -0.444 e. The predicted octanol–water partition coefficient (Wildman–Crippen LogP) is 17.0. The lowest BCUT2D eigenvalue weighted by Gasteiger charge is -2.28. The number of nitrogens with two attached hydrogens (primary N) is 1. The van der Waals surface area contributed by atoms with Crippen LogP contribution < -0.4 is 37.2 Å². The van der Waals surface area contributed by atoms with E-state index < -0.39 is 11.2 Å². The van der Waals surface area contributed by atoms with Crippen LogP contribution in [-0.2, 0) is 9.47 Å². The fourth-order valence-corrected chi connectivity index (χ4v) is 14.5. The number of anilines is 2. The molecule has 3 fully saturated rings. The average molecular weight is 1500 g/mol. The first-order valence-electron chi connectivity index (χ1n) is 30.7. The quantitative estimate of drug-likeness (QED) is 0.0796. The van der Waals surface area contributed by atoms with Crippen LogP contribution in [0.4, 0.5) is 21.5 Å². The average Bonchev–Trinajstić information content (AvgIpc) is 1.75. The van der Waals surface area contributed by atoms with Gasteiger partial charge in [-0.05, 0) is 129 Å². The molecule has 9 heterocycles. The van der Waals surface area contributed by atoms with Gasteiger partial charge in [0.25, 0.3) is 0 Å². The van der Waals surface area contributed by atoms with Crippen LogP contribution in [0.5, 0.6) is 0 Å². The van der Waals surface area contributed by atoms with Crippen LogP contribution in [0.1, 0.15) is 114 Å². The van der Waals surface area contributed by atoms with Crippen LogP contribution in [0, 0.1) is 10.8 Å². The van der Waals surface area contributed by atoms with Gasteiger partial charge in [-0.1, -0.05) is 151 Å². The minimum atomic E-state index is -0.529. The summed E-state index contributed by atoms with van der Waals surface area (Å²) in [5.74, 6) is 1.68. The molecule has 0 saturated carbocycles. The molecule has 0 bridgehead atoms. The van der Waals surface area contributed by atoms with Crippen molar-refractivity contribution in [3.05, 3.63) is 151 Å². The number of aromatic nitrogens is 9. The molecule has 3 aromatic carbocycles. The molecule has 3 aliphatic heterocycles. The highest BCUT2D eigenvalue weighted by Crippen LogP contribution is 2.41. The number of rotatable bonds is 10. The van der Waals surface area contributed by atoms with Crippen molar-refractivity contribution in [3.8, 4) is 0 Å². The first-order valence-corrected chi connectivity index (χ1v) is 35.4. The molecule has 3 aliphatic rings. The van der Waals surface area contributed by atoms with Gasteiger partial charge < -0.3 is 45.9 Å². The number of hydrogen-bond donors (Lipinski definition) is 5. The molecule has 0 radical (unpaired) electrons. The molecule has 522 valence electrons. The Balaban J connectivity index is 0.000000209. The van der Waals surface area contributed by atoms with E-state index in [2.05, 4.69) is 45.7 Å². The third-order valence-corrected chi connectivity index (χ3v) is 20.5. The second-order valence-corrected chi connectivity index (χ2v) is 29.8. The highest BCUT2D eigenvalue weighted by molar-refractivity contribution is 8.00. The second kappa shape index (κ2) is 37.7. The summed E-state index contributed by atoms with van der Waals surface area (Å²) >= 11 is 41.6. The van der Waals surface area contributed by atoms with E-state index in [4.69, 9.17) is 106 Å². The van der Waals surface area contributed by atoms with Crippen molar-refractivity contribution in [1.82, 2.24) is 59.1 Å². The Morgan fingerprint density at radius 1 is 0.557 bits per heavy atom. The number of benzene rings is 3. The lowest BCUT2D eigenvalue weighted by Crippen LogP contribution is -2.45. The zero-order valence-electron chi connectivity index (χ0n) is 53.2. The molecular weight excluding hydrogens is 1420 g/mol. The van der Waals surface area contributed by atoms with Crippen LogP contribution in [0.25, 0.3) is 16.9 Å². The molecule has 0 aliphatic carbocycles. The van der Waals surface area contributed by atoms with Crippen LogP contribution in [0.2, 0.25) is 30.1 Å². The van der Waals surface area contributed by atoms with Crippen LogP contribution in [0.15, 0.2) is 145 Å². The maximum Gasteiger partial charge on any atom is 0.407 e. The number of H-pyrrole nitrogens is 1. The number of aromatic amines is 1. The normalized spacial score (nSPS) is 16.5. The molecule has 12 rings (SSSR count). The van der Waals surface area contributed by atoms with Gasteiger partial charge in [0.05, 0.1) is 44.8 Å². The van der Waals surface area contributed by atoms with Crippen molar-refractivity contribution in [2.45, 2.75) is 173 Å². The fraction of sp³-hybridized carbons (Fsp3) is 0.424. The standard InChI is InChI=1S/C23H27Cl2N5O2S.C18H19Cl2N5S.C12H7Cl2N3OS.C11H22N2O2.2CH4.N2/c1-23(2,3)32-22(31)28-15-7-4-5-11-29(14-15)21-27-13-18(20-26-10-12-30(20)21)33-17-9-6-8-16(24)19(17)25;19-13-5-3-6-14(16(13)20)26-15-10-23-18(25-9-7-22-17(15)25)24-8-2-1-4-12(21)11-24;13-7-2-1-3-8(10(7)14)19-9-6-16-12(18)17-5-4-15-11(9)17;1-11(2,3)15-10(14)13-9-6-4-5-7-12-8-9;;;1-2/h6,8-10,12-13,15H,4-5,7,11,14H2,1-3H3,(H,28,31);3,5-7,9-10,12H,1-2,4,8,11,21H2;1-6H,(H,16,18);9,12H,4-8H2,1-3H3,(H,13,14);2*1H4;. The van der Waals surface area contributed by atoms with Crippen molar-refractivity contribution >= 4 is 146 Å². The minimum absolute atomic E-state index is 0. The molecule has 9 aromatic rings. The molecule has 31 heteroatoms. The number of ether oxygens (including phenoxy) is 2. The van der Waals surface area contributed by atoms with E-state index in [0.717, 1.165) is 137 Å². The van der Waals surface area contributed by atoms with Gasteiger partial charge >= 0.3 is 17.9 Å². The van der Waals surface area contributed by atoms with E-state index >= 15 is 0 Å². The van der Waals surface area contributed by atoms with Crippen molar-refractivity contribution in [3.63, 3.8) is 0 Å². The first kappa shape index (κ1) is 79.6. The number of fused-ring (bicyclic) bond motifs is 3. The van der Waals surface area contributed by atoms with Crippen LogP contribution in [-0.4, -0.2) is 124 Å². The number of nitrogens with zero attached hydrogens (tertiary/aromatic N) is 12. The third-order valence-electron chi connectivity index (χ3n) is 14.5. The molecule has 3 atom stereocenters. The molecule has 3 unspecified atom stereocenters. The third kappa shape index (κ3) is 22.8. The van der Waals surface area contributed by atoms with Gasteiger partial charge in [-0.2, -0.15) is 0 Å². The van der Waals surface area contributed by atoms with Gasteiger partial charge in [-0.15, -0.1) is 0 Å². The second-order valence-electron chi connectivity index (χ2n) is 24.2. The summed E-state index contributed by atoms with van der Waals surface area (Å²) < 4.78 is 16.1. The molecule has 6 N–H and O–H groups in total. The van der Waals surface area contributed by atoms with Gasteiger partial charge in [-0.3, -0.25) is 13.2 Å². The summed E-state index contributed by atoms with van der Waals surface area (Å²) in [6.45, 7) is 16.4. The number of halogens is 6. The summed E-state index contributed by atoms with van der Waals surface area (Å²) in [7, 11) is 0. The van der Waals surface area contributed by atoms with E-state index in [1.54, 1.807) is 49.2 Å². The number of imidazole rings is 3. The number of amides is 2. The zero-order chi connectivity index (χ0) is 68.4. The number of hydrogen-bond acceptors (Lipinski definition) is 19. The van der Waals surface area contributed by atoms with Crippen molar-refractivity contribution in [2.75, 3.05) is 49.1 Å². The molecule has 6 aromatic heterocycles. The smallest absolute Gasteiger partial charge is 0.407 e. The van der Waals surface area contributed by atoms with Gasteiger partial charge in [0.2, 0.25) is 11.9 Å². The van der Waals surface area contributed by atoms with E-state index in [1.165, 1.54) is 46.1 Å². The summed E-state index contributed by atoms with van der Waals surface area (Å²) in [4.78, 5) is 70.4. The lowest BCUT2D eigenvalue weighted by molar-refractivity contribution is 0.0491. The Kier molecular flexibility index (Phi) is 30.9. The molecule has 3 saturated heterocycles. The van der Waals surface area contributed by atoms with Crippen LogP contribution in [0.3, 0.4) is 0 Å². The number of nitrogens with one attached hydrogen (secondary N) is 4. The van der Waals surface area contributed by atoms with E-state index in [1.807, 2.05) is 112 Å². The van der Waals surface area contributed by atoms with E-state index in [0.29, 0.717) is 42.3 Å². The Labute approximate surface area is 609 Å². The summed E-state index contributed by atoms with van der Waals surface area (Å²) in [5, 5.41) is 24.3. The number of alkyl carbamates (subject to hydrolysis) is 2. The van der Waals surface area contributed by atoms with Gasteiger partial charge in [-0.25, -0.2) is 39.3 Å². The molecular formula is C66H83Cl6N17O5S3. The summed E-state index contributed by atoms with van der Waals surface area (Å²) in [5.41, 5.74) is 7.28. The Morgan fingerprint density at radius 2 is 0.969 bits per heavy atom. The molecule has 2 amide bonds. The van der Waals surface area contributed by atoms with E-state index in [9.17, 15) is 14.4 Å². The first-order chi connectivity index (χ1) is 45.5. The highest BCUT2D eigenvalue weighted by atomic mass is 35.5. The topological polar surface area (TPSA) is 279 Å². The van der Waals surface area contributed by atoms with Gasteiger partial charge in [0, 0.05) is 132 Å².